The maximum absolute atomic E-state index is 13.8. The molecule has 168 valence electrons. The van der Waals surface area contributed by atoms with Gasteiger partial charge in [-0.25, -0.2) is 0 Å². The summed E-state index contributed by atoms with van der Waals surface area (Å²) in [6.45, 7) is 6.85. The standard InChI is InChI=1S/C25H33NO5/c1-14-11-22-12-23(14,30)7-6-16(22)15-5-8-24-13-25(24,31)20(29)21(24,2)17(15)18(22)19(28)26-9-3-4-10-27/h5,16-18,27,30-31H,1,3-4,6-13H2,2H3,(H,26,28)/p+1/t16?,17?,18-,21-,22+,23+,24?,25?/m1/s1. The molecular formula is C25H34NO5+. The smallest absolute Gasteiger partial charge is 0.231 e. The van der Waals surface area contributed by atoms with Crippen LogP contribution in [0.5, 0.6) is 0 Å². The van der Waals surface area contributed by atoms with Crippen molar-refractivity contribution in [1.82, 2.24) is 5.32 Å². The lowest BCUT2D eigenvalue weighted by atomic mass is 9.46. The van der Waals surface area contributed by atoms with E-state index in [0.717, 1.165) is 18.4 Å². The van der Waals surface area contributed by atoms with Crippen LogP contribution in [-0.2, 0) is 9.59 Å². The third-order valence-electron chi connectivity index (χ3n) is 10.7. The number of carbonyl (C=O) groups excluding carboxylic acids is 2. The largest absolute Gasteiger partial charge is 0.435 e. The SMILES string of the molecule is C=C1C[C@]23C[C@@]1(O)CCC2C1=CCC24CC2([OH2+])C(=O)[C@@]4(C)C1[C@@H]3C(=O)NCCCCO. The van der Waals surface area contributed by atoms with Crippen LogP contribution < -0.4 is 5.32 Å². The second-order valence-corrected chi connectivity index (χ2v) is 11.6. The minimum Gasteiger partial charge on any atom is -0.435 e. The fourth-order valence-electron chi connectivity index (χ4n) is 9.18. The van der Waals surface area contributed by atoms with Gasteiger partial charge >= 0.3 is 0 Å². The van der Waals surface area contributed by atoms with Gasteiger partial charge in [-0.1, -0.05) is 25.2 Å². The number of allylic oxidation sites excluding steroid dienone is 2. The van der Waals surface area contributed by atoms with E-state index in [0.29, 0.717) is 45.1 Å². The van der Waals surface area contributed by atoms with Crippen molar-refractivity contribution in [2.45, 2.75) is 69.5 Å². The normalized spacial score (nSPS) is 53.0. The zero-order valence-electron chi connectivity index (χ0n) is 18.3. The van der Waals surface area contributed by atoms with Gasteiger partial charge in [0.05, 0.1) is 22.3 Å². The van der Waals surface area contributed by atoms with Crippen molar-refractivity contribution >= 4 is 11.7 Å². The summed E-state index contributed by atoms with van der Waals surface area (Å²) in [5.74, 6) is -0.349. The highest BCUT2D eigenvalue weighted by atomic mass is 16.3. The Morgan fingerprint density at radius 2 is 2.13 bits per heavy atom. The average Bonchev–Trinajstić information content (AvgIpc) is 3.08. The maximum Gasteiger partial charge on any atom is 0.231 e. The molecular weight excluding hydrogens is 394 g/mol. The van der Waals surface area contributed by atoms with Crippen LogP contribution >= 0.6 is 0 Å². The summed E-state index contributed by atoms with van der Waals surface area (Å²) in [6.07, 6.45) is 7.72. The van der Waals surface area contributed by atoms with Gasteiger partial charge in [0.1, 0.15) is 0 Å². The van der Waals surface area contributed by atoms with Crippen molar-refractivity contribution in [1.29, 1.82) is 0 Å². The summed E-state index contributed by atoms with van der Waals surface area (Å²) in [5.41, 5.74) is -1.10. The second-order valence-electron chi connectivity index (χ2n) is 11.6. The van der Waals surface area contributed by atoms with E-state index in [1.54, 1.807) is 0 Å². The Morgan fingerprint density at radius 3 is 2.84 bits per heavy atom. The summed E-state index contributed by atoms with van der Waals surface area (Å²) in [4.78, 5) is 27.1. The van der Waals surface area contributed by atoms with E-state index in [2.05, 4.69) is 18.0 Å². The number of amides is 1. The summed E-state index contributed by atoms with van der Waals surface area (Å²) in [7, 11) is 0. The minimum absolute atomic E-state index is 0.0236. The summed E-state index contributed by atoms with van der Waals surface area (Å²) in [6, 6.07) is 0. The van der Waals surface area contributed by atoms with E-state index in [1.807, 2.05) is 6.92 Å². The Balaban J connectivity index is 1.44. The van der Waals surface area contributed by atoms with Crippen molar-refractivity contribution in [3.8, 4) is 0 Å². The Kier molecular flexibility index (Phi) is 3.70. The molecule has 0 heterocycles. The van der Waals surface area contributed by atoms with Crippen LogP contribution in [-0.4, -0.2) is 51.4 Å². The van der Waals surface area contributed by atoms with Gasteiger partial charge in [0.25, 0.3) is 0 Å². The zero-order chi connectivity index (χ0) is 22.0. The topological polar surface area (TPSA) is 110 Å². The van der Waals surface area contributed by atoms with Crippen molar-refractivity contribution in [3.05, 3.63) is 23.8 Å². The highest BCUT2D eigenvalue weighted by molar-refractivity contribution is 6.08. The first kappa shape index (κ1) is 20.1. The summed E-state index contributed by atoms with van der Waals surface area (Å²) in [5, 5.41) is 32.1. The van der Waals surface area contributed by atoms with Crippen molar-refractivity contribution in [2.75, 3.05) is 13.2 Å². The molecule has 6 rings (SSSR count). The molecule has 1 amide bonds. The second kappa shape index (κ2) is 5.70. The monoisotopic (exact) mass is 428 g/mol. The van der Waals surface area contributed by atoms with Gasteiger partial charge in [-0.2, -0.15) is 0 Å². The van der Waals surface area contributed by atoms with Crippen LogP contribution in [0.2, 0.25) is 0 Å². The van der Waals surface area contributed by atoms with Crippen LogP contribution in [0, 0.1) is 34.0 Å². The maximum atomic E-state index is 13.8. The Bertz CT molecular complexity index is 958. The molecule has 6 aliphatic rings. The predicted octanol–water partition coefficient (Wildman–Crippen LogP) is 1.37. The Labute approximate surface area is 182 Å². The van der Waals surface area contributed by atoms with E-state index in [1.165, 1.54) is 5.57 Å². The van der Waals surface area contributed by atoms with E-state index in [-0.39, 0.29) is 46.9 Å². The fourth-order valence-corrected chi connectivity index (χ4v) is 9.18. The number of carbonyl (C=O) groups is 2. The number of nitrogens with one attached hydrogen (secondary N) is 1. The van der Waals surface area contributed by atoms with Gasteiger partial charge in [0, 0.05) is 25.5 Å². The molecule has 5 N–H and O–H groups in total. The highest BCUT2D eigenvalue weighted by Crippen LogP contribution is 2.87. The molecule has 6 aliphatic carbocycles. The van der Waals surface area contributed by atoms with Gasteiger partial charge in [-0.3, -0.25) is 9.59 Å². The van der Waals surface area contributed by atoms with Crippen LogP contribution in [0.4, 0.5) is 0 Å². The number of aliphatic hydroxyl groups excluding tert-OH is 1. The third-order valence-corrected chi connectivity index (χ3v) is 10.7. The number of rotatable bonds is 5. The molecule has 5 saturated carbocycles. The van der Waals surface area contributed by atoms with Gasteiger partial charge in [0.2, 0.25) is 17.3 Å². The Hall–Kier alpha value is -1.50. The van der Waals surface area contributed by atoms with Crippen LogP contribution in [0.3, 0.4) is 0 Å². The average molecular weight is 429 g/mol. The molecule has 8 atom stereocenters. The zero-order valence-corrected chi connectivity index (χ0v) is 18.3. The number of ketones is 1. The quantitative estimate of drug-likeness (QED) is 0.349. The van der Waals surface area contributed by atoms with E-state index >= 15 is 0 Å². The highest BCUT2D eigenvalue weighted by Gasteiger charge is 2.98. The molecule has 0 aromatic heterocycles. The molecule has 0 radical (unpaired) electrons. The van der Waals surface area contributed by atoms with Crippen molar-refractivity contribution < 1.29 is 24.9 Å². The van der Waals surface area contributed by atoms with Gasteiger partial charge in [-0.15, -0.1) is 0 Å². The first-order valence-electron chi connectivity index (χ1n) is 11.9. The predicted molar refractivity (Wildman–Crippen MR) is 114 cm³/mol. The molecule has 5 fully saturated rings. The lowest BCUT2D eigenvalue weighted by molar-refractivity contribution is -0.178. The van der Waals surface area contributed by atoms with Gasteiger partial charge in [0.15, 0.2) is 0 Å². The fraction of sp³-hybridized carbons (Fsp3) is 0.760. The van der Waals surface area contributed by atoms with E-state index in [9.17, 15) is 14.7 Å². The molecule has 6 heteroatoms. The van der Waals surface area contributed by atoms with Crippen molar-refractivity contribution in [2.24, 2.45) is 34.0 Å². The van der Waals surface area contributed by atoms with Crippen molar-refractivity contribution in [3.63, 3.8) is 0 Å². The van der Waals surface area contributed by atoms with Gasteiger partial charge in [-0.05, 0) is 61.9 Å². The van der Waals surface area contributed by atoms with Crippen LogP contribution in [0.15, 0.2) is 23.8 Å². The number of unbranched alkanes of at least 4 members (excludes halogenated alkanes) is 1. The molecule has 4 unspecified atom stereocenters. The lowest BCUT2D eigenvalue weighted by Gasteiger charge is -2.53. The first-order chi connectivity index (χ1) is 14.6. The number of fused-ring (bicyclic) bond motifs is 4. The molecule has 0 aliphatic heterocycles. The molecule has 2 bridgehead atoms. The molecule has 31 heavy (non-hydrogen) atoms. The Morgan fingerprint density at radius 1 is 1.35 bits per heavy atom. The number of hydrogen-bond acceptors (Lipinski definition) is 4. The van der Waals surface area contributed by atoms with Gasteiger partial charge < -0.3 is 20.6 Å². The number of Topliss-reactive ketones (excluding diaryl/α,β-unsaturated/α-hetero) is 1. The third kappa shape index (κ3) is 1.94. The van der Waals surface area contributed by atoms with E-state index < -0.39 is 16.6 Å². The molecule has 0 aromatic rings. The molecule has 2 spiro atoms. The first-order valence-corrected chi connectivity index (χ1v) is 11.9. The lowest BCUT2D eigenvalue weighted by Crippen LogP contribution is -2.66. The van der Waals surface area contributed by atoms with Crippen LogP contribution in [0.25, 0.3) is 0 Å². The minimum atomic E-state index is -0.947. The summed E-state index contributed by atoms with van der Waals surface area (Å²) >= 11 is 0. The number of aliphatic hydroxyl groups is 2. The number of hydrogen-bond donors (Lipinski definition) is 3. The molecule has 0 aromatic carbocycles. The van der Waals surface area contributed by atoms with Crippen LogP contribution in [0.1, 0.15) is 58.3 Å². The van der Waals surface area contributed by atoms with E-state index in [4.69, 9.17) is 10.2 Å². The summed E-state index contributed by atoms with van der Waals surface area (Å²) < 4.78 is 0. The molecule has 0 saturated heterocycles. The molecule has 6 nitrogen and oxygen atoms in total.